The van der Waals surface area contributed by atoms with Gasteiger partial charge in [-0.25, -0.2) is 5.48 Å². The average molecular weight is 286 g/mol. The largest absolute Gasteiger partial charge is 0.347 e. The van der Waals surface area contributed by atoms with Crippen LogP contribution in [-0.2, 0) is 0 Å². The quantitative estimate of drug-likeness (QED) is 0.586. The maximum absolute atomic E-state index is 12.1. The average Bonchev–Trinajstić information content (AvgIpc) is 2.43. The van der Waals surface area contributed by atoms with Gasteiger partial charge in [0.05, 0.1) is 0 Å². The minimum Gasteiger partial charge on any atom is -0.347 e. The topological polar surface area (TPSA) is 78.4 Å². The molecule has 2 amide bonds. The molecular formula is C16H18N2O3. The zero-order valence-corrected chi connectivity index (χ0v) is 12.2. The van der Waals surface area contributed by atoms with E-state index in [4.69, 9.17) is 5.21 Å². The highest BCUT2D eigenvalue weighted by Crippen LogP contribution is 2.18. The summed E-state index contributed by atoms with van der Waals surface area (Å²) in [6.45, 7) is 5.74. The summed E-state index contributed by atoms with van der Waals surface area (Å²) in [6.07, 6.45) is 0. The Morgan fingerprint density at radius 1 is 0.905 bits per heavy atom. The van der Waals surface area contributed by atoms with Gasteiger partial charge in [0.1, 0.15) is 0 Å². The maximum atomic E-state index is 12.1. The lowest BCUT2D eigenvalue weighted by Crippen LogP contribution is -2.40. The van der Waals surface area contributed by atoms with E-state index in [2.05, 4.69) is 5.32 Å². The molecule has 5 nitrogen and oxygen atoms in total. The van der Waals surface area contributed by atoms with Gasteiger partial charge in [-0.3, -0.25) is 14.8 Å². The Morgan fingerprint density at radius 3 is 1.90 bits per heavy atom. The summed E-state index contributed by atoms with van der Waals surface area (Å²) >= 11 is 0. The second kappa shape index (κ2) is 5.54. The van der Waals surface area contributed by atoms with Crippen LogP contribution in [-0.4, -0.2) is 22.6 Å². The number of hydrogen-bond acceptors (Lipinski definition) is 3. The monoisotopic (exact) mass is 286 g/mol. The molecule has 0 aromatic heterocycles. The first kappa shape index (κ1) is 15.0. The van der Waals surface area contributed by atoms with Gasteiger partial charge in [-0.2, -0.15) is 0 Å². The molecule has 0 radical (unpaired) electrons. The van der Waals surface area contributed by atoms with Crippen molar-refractivity contribution in [1.82, 2.24) is 10.8 Å². The molecule has 0 atom stereocenters. The van der Waals surface area contributed by atoms with Crippen LogP contribution >= 0.6 is 0 Å². The standard InChI is InChI=1S/C16H18N2O3/c1-16(2,3)17-14(19)11-6-4-10-5-7-12(15(20)18-21)9-13(10)8-11/h4-9,21H,1-3H3,(H,17,19)(H,18,20). The molecule has 3 N–H and O–H groups in total. The van der Waals surface area contributed by atoms with E-state index >= 15 is 0 Å². The Labute approximate surface area is 122 Å². The lowest BCUT2D eigenvalue weighted by Gasteiger charge is -2.20. The van der Waals surface area contributed by atoms with Gasteiger partial charge in [0, 0.05) is 16.7 Å². The molecule has 2 rings (SSSR count). The number of hydrogen-bond donors (Lipinski definition) is 3. The highest BCUT2D eigenvalue weighted by Gasteiger charge is 2.15. The Morgan fingerprint density at radius 2 is 1.43 bits per heavy atom. The minimum atomic E-state index is -0.582. The molecule has 0 aliphatic carbocycles. The van der Waals surface area contributed by atoms with Crippen LogP contribution in [0.15, 0.2) is 36.4 Å². The maximum Gasteiger partial charge on any atom is 0.274 e. The van der Waals surface area contributed by atoms with Crippen LogP contribution in [0, 0.1) is 0 Å². The van der Waals surface area contributed by atoms with Crippen LogP contribution in [0.3, 0.4) is 0 Å². The van der Waals surface area contributed by atoms with Gasteiger partial charge in [-0.05, 0) is 55.8 Å². The van der Waals surface area contributed by atoms with E-state index < -0.39 is 5.91 Å². The first-order valence-electron chi connectivity index (χ1n) is 6.61. The number of amides is 2. The van der Waals surface area contributed by atoms with Crippen LogP contribution in [0.2, 0.25) is 0 Å². The van der Waals surface area contributed by atoms with Crippen LogP contribution in [0.25, 0.3) is 10.8 Å². The van der Waals surface area contributed by atoms with E-state index in [0.717, 1.165) is 10.8 Å². The molecule has 0 bridgehead atoms. The number of benzene rings is 2. The van der Waals surface area contributed by atoms with Gasteiger partial charge < -0.3 is 5.32 Å². The first-order chi connectivity index (χ1) is 9.80. The second-order valence-corrected chi connectivity index (χ2v) is 5.92. The molecule has 0 heterocycles. The molecule has 0 fully saturated rings. The van der Waals surface area contributed by atoms with Gasteiger partial charge >= 0.3 is 0 Å². The predicted octanol–water partition coefficient (Wildman–Crippen LogP) is 2.49. The Kier molecular flexibility index (Phi) is 3.95. The van der Waals surface area contributed by atoms with Crippen molar-refractivity contribution in [2.75, 3.05) is 0 Å². The van der Waals surface area contributed by atoms with Gasteiger partial charge in [0.2, 0.25) is 0 Å². The molecule has 2 aromatic carbocycles. The summed E-state index contributed by atoms with van der Waals surface area (Å²) in [5.74, 6) is -0.747. The number of carbonyl (C=O) groups is 2. The first-order valence-corrected chi connectivity index (χ1v) is 6.61. The fourth-order valence-corrected chi connectivity index (χ4v) is 2.01. The second-order valence-electron chi connectivity index (χ2n) is 5.92. The third-order valence-corrected chi connectivity index (χ3v) is 2.95. The van der Waals surface area contributed by atoms with Crippen molar-refractivity contribution < 1.29 is 14.8 Å². The zero-order valence-electron chi connectivity index (χ0n) is 12.2. The molecule has 0 saturated heterocycles. The minimum absolute atomic E-state index is 0.165. The Bertz CT molecular complexity index is 702. The molecule has 110 valence electrons. The van der Waals surface area contributed by atoms with Gasteiger partial charge in [0.25, 0.3) is 11.8 Å². The summed E-state index contributed by atoms with van der Waals surface area (Å²) in [5, 5.41) is 13.2. The van der Waals surface area contributed by atoms with E-state index in [0.29, 0.717) is 11.1 Å². The summed E-state index contributed by atoms with van der Waals surface area (Å²) < 4.78 is 0. The smallest absolute Gasteiger partial charge is 0.274 e. The Balaban J connectivity index is 2.40. The summed E-state index contributed by atoms with van der Waals surface area (Å²) in [4.78, 5) is 23.6. The molecule has 0 spiro atoms. The summed E-state index contributed by atoms with van der Waals surface area (Å²) in [6, 6.07) is 10.3. The molecule has 0 aliphatic rings. The van der Waals surface area contributed by atoms with E-state index in [1.807, 2.05) is 26.8 Å². The number of fused-ring (bicyclic) bond motifs is 1. The van der Waals surface area contributed by atoms with Crippen molar-refractivity contribution in [3.05, 3.63) is 47.5 Å². The van der Waals surface area contributed by atoms with Crippen LogP contribution in [0.1, 0.15) is 41.5 Å². The normalized spacial score (nSPS) is 11.2. The van der Waals surface area contributed by atoms with Gasteiger partial charge in [-0.1, -0.05) is 12.1 Å². The molecular weight excluding hydrogens is 268 g/mol. The number of nitrogens with one attached hydrogen (secondary N) is 2. The van der Waals surface area contributed by atoms with Crippen LogP contribution < -0.4 is 10.8 Å². The van der Waals surface area contributed by atoms with Crippen molar-refractivity contribution in [1.29, 1.82) is 0 Å². The number of carbonyl (C=O) groups excluding carboxylic acids is 2. The van der Waals surface area contributed by atoms with Crippen molar-refractivity contribution in [2.45, 2.75) is 26.3 Å². The summed E-state index contributed by atoms with van der Waals surface area (Å²) in [7, 11) is 0. The molecule has 21 heavy (non-hydrogen) atoms. The lowest BCUT2D eigenvalue weighted by molar-refractivity contribution is 0.0706. The number of hydroxylamine groups is 1. The van der Waals surface area contributed by atoms with Gasteiger partial charge in [-0.15, -0.1) is 0 Å². The summed E-state index contributed by atoms with van der Waals surface area (Å²) in [5.41, 5.74) is 2.14. The fraction of sp³-hybridized carbons (Fsp3) is 0.250. The van der Waals surface area contributed by atoms with Crippen molar-refractivity contribution >= 4 is 22.6 Å². The van der Waals surface area contributed by atoms with Gasteiger partial charge in [0.15, 0.2) is 0 Å². The highest BCUT2D eigenvalue weighted by molar-refractivity contribution is 6.01. The van der Waals surface area contributed by atoms with E-state index in [-0.39, 0.29) is 11.4 Å². The molecule has 5 heteroatoms. The van der Waals surface area contributed by atoms with Crippen LogP contribution in [0.5, 0.6) is 0 Å². The van der Waals surface area contributed by atoms with E-state index in [1.165, 1.54) is 0 Å². The fourth-order valence-electron chi connectivity index (χ4n) is 2.01. The predicted molar refractivity (Wildman–Crippen MR) is 80.4 cm³/mol. The Hall–Kier alpha value is -2.40. The van der Waals surface area contributed by atoms with Crippen LogP contribution in [0.4, 0.5) is 0 Å². The zero-order chi connectivity index (χ0) is 15.6. The third kappa shape index (κ3) is 3.58. The molecule has 0 unspecified atom stereocenters. The van der Waals surface area contributed by atoms with Crippen molar-refractivity contribution in [3.8, 4) is 0 Å². The SMILES string of the molecule is CC(C)(C)NC(=O)c1ccc2ccc(C(=O)NO)cc2c1. The molecule has 0 saturated carbocycles. The van der Waals surface area contributed by atoms with Crippen molar-refractivity contribution in [2.24, 2.45) is 0 Å². The van der Waals surface area contributed by atoms with Crippen molar-refractivity contribution in [3.63, 3.8) is 0 Å². The number of rotatable bonds is 2. The molecule has 2 aromatic rings. The molecule has 0 aliphatic heterocycles. The third-order valence-electron chi connectivity index (χ3n) is 2.95. The van der Waals surface area contributed by atoms with E-state index in [9.17, 15) is 9.59 Å². The highest BCUT2D eigenvalue weighted by atomic mass is 16.5. The lowest BCUT2D eigenvalue weighted by atomic mass is 10.0. The van der Waals surface area contributed by atoms with E-state index in [1.54, 1.807) is 35.8 Å².